The highest BCUT2D eigenvalue weighted by Gasteiger charge is 2.26. The lowest BCUT2D eigenvalue weighted by atomic mass is 9.86. The van der Waals surface area contributed by atoms with Gasteiger partial charge < -0.3 is 5.11 Å². The molecule has 0 aromatic carbocycles. The van der Waals surface area contributed by atoms with E-state index in [1.54, 1.807) is 0 Å². The molecule has 1 fully saturated rings. The molecule has 2 nitrogen and oxygen atoms in total. The van der Waals surface area contributed by atoms with Gasteiger partial charge in [0.05, 0.1) is 6.10 Å². The van der Waals surface area contributed by atoms with Gasteiger partial charge in [-0.05, 0) is 18.8 Å². The fourth-order valence-corrected chi connectivity index (χ4v) is 2.76. The normalized spacial score (nSPS) is 40.0. The predicted octanol–water partition coefficient (Wildman–Crippen LogP) is 1.80. The fourth-order valence-electron chi connectivity index (χ4n) is 2.76. The maximum Gasteiger partial charge on any atom is 0.0848 e. The van der Waals surface area contributed by atoms with Crippen molar-refractivity contribution in [3.8, 4) is 0 Å². The van der Waals surface area contributed by atoms with Gasteiger partial charge >= 0.3 is 0 Å². The average molecular weight is 195 g/mol. The van der Waals surface area contributed by atoms with Gasteiger partial charge in [-0.15, -0.1) is 0 Å². The molecule has 14 heavy (non-hydrogen) atoms. The van der Waals surface area contributed by atoms with E-state index in [4.69, 9.17) is 0 Å². The van der Waals surface area contributed by atoms with Crippen molar-refractivity contribution in [3.05, 3.63) is 12.2 Å². The zero-order chi connectivity index (χ0) is 9.97. The lowest BCUT2D eigenvalue weighted by Crippen LogP contribution is -2.44. The van der Waals surface area contributed by atoms with Gasteiger partial charge in [0.1, 0.15) is 0 Å². The molecule has 2 aliphatic rings. The molecule has 0 spiro atoms. The summed E-state index contributed by atoms with van der Waals surface area (Å²) in [5.41, 5.74) is 0. The molecule has 3 atom stereocenters. The molecular formula is C12H21NO. The summed E-state index contributed by atoms with van der Waals surface area (Å²) in [6.07, 6.45) is 9.19. The Morgan fingerprint density at radius 1 is 1.36 bits per heavy atom. The van der Waals surface area contributed by atoms with Crippen LogP contribution in [-0.2, 0) is 0 Å². The SMILES string of the molecule is CC1CCCC(N2CC=CC(O)C2)C1. The molecule has 0 aromatic rings. The maximum absolute atomic E-state index is 9.55. The second-order valence-corrected chi connectivity index (χ2v) is 4.88. The summed E-state index contributed by atoms with van der Waals surface area (Å²) in [6, 6.07) is 0.721. The number of hydrogen-bond donors (Lipinski definition) is 1. The monoisotopic (exact) mass is 195 g/mol. The summed E-state index contributed by atoms with van der Waals surface area (Å²) < 4.78 is 0. The quantitative estimate of drug-likeness (QED) is 0.645. The third-order valence-electron chi connectivity index (χ3n) is 3.54. The molecule has 1 N–H and O–H groups in total. The van der Waals surface area contributed by atoms with Crippen molar-refractivity contribution in [3.63, 3.8) is 0 Å². The van der Waals surface area contributed by atoms with E-state index in [0.717, 1.165) is 25.0 Å². The number of β-amino-alcohol motifs (C(OH)–C–C–N with tert-alkyl or cyclic N) is 1. The van der Waals surface area contributed by atoms with Gasteiger partial charge in [0.25, 0.3) is 0 Å². The molecule has 0 saturated heterocycles. The first kappa shape index (κ1) is 10.2. The molecule has 0 aromatic heterocycles. The number of aliphatic hydroxyl groups is 1. The summed E-state index contributed by atoms with van der Waals surface area (Å²) in [5.74, 6) is 0.872. The molecule has 1 saturated carbocycles. The Morgan fingerprint density at radius 2 is 2.21 bits per heavy atom. The Hall–Kier alpha value is -0.340. The first-order chi connectivity index (χ1) is 6.75. The Morgan fingerprint density at radius 3 is 2.93 bits per heavy atom. The number of nitrogens with zero attached hydrogens (tertiary/aromatic N) is 1. The van der Waals surface area contributed by atoms with E-state index in [9.17, 15) is 5.11 Å². The highest BCUT2D eigenvalue weighted by molar-refractivity contribution is 4.99. The Kier molecular flexibility index (Phi) is 3.24. The van der Waals surface area contributed by atoms with Gasteiger partial charge in [0.2, 0.25) is 0 Å². The summed E-state index contributed by atoms with van der Waals surface area (Å²) >= 11 is 0. The Labute approximate surface area is 86.6 Å². The van der Waals surface area contributed by atoms with Gasteiger partial charge in [-0.1, -0.05) is 31.9 Å². The van der Waals surface area contributed by atoms with E-state index in [0.29, 0.717) is 0 Å². The first-order valence-electron chi connectivity index (χ1n) is 5.84. The van der Waals surface area contributed by atoms with Crippen molar-refractivity contribution >= 4 is 0 Å². The second kappa shape index (κ2) is 4.45. The lowest BCUT2D eigenvalue weighted by molar-refractivity contribution is 0.0856. The van der Waals surface area contributed by atoms with Crippen LogP contribution in [0.1, 0.15) is 32.6 Å². The molecule has 0 bridgehead atoms. The third-order valence-corrected chi connectivity index (χ3v) is 3.54. The lowest BCUT2D eigenvalue weighted by Gasteiger charge is -2.38. The van der Waals surface area contributed by atoms with Crippen molar-refractivity contribution in [2.45, 2.75) is 44.8 Å². The summed E-state index contributed by atoms with van der Waals surface area (Å²) in [5, 5.41) is 9.55. The van der Waals surface area contributed by atoms with E-state index in [1.807, 2.05) is 6.08 Å². The molecule has 3 unspecified atom stereocenters. The maximum atomic E-state index is 9.55. The van der Waals surface area contributed by atoms with Crippen molar-refractivity contribution in [2.75, 3.05) is 13.1 Å². The standard InChI is InChI=1S/C12H21NO/c1-10-4-2-5-11(8-10)13-7-3-6-12(14)9-13/h3,6,10-12,14H,2,4-5,7-9H2,1H3. The molecule has 0 amide bonds. The van der Waals surface area contributed by atoms with Crippen LogP contribution in [0.5, 0.6) is 0 Å². The van der Waals surface area contributed by atoms with Crippen molar-refractivity contribution in [2.24, 2.45) is 5.92 Å². The zero-order valence-electron chi connectivity index (χ0n) is 9.02. The van der Waals surface area contributed by atoms with Crippen LogP contribution < -0.4 is 0 Å². The van der Waals surface area contributed by atoms with Crippen LogP contribution in [0.4, 0.5) is 0 Å². The predicted molar refractivity (Wildman–Crippen MR) is 58.1 cm³/mol. The summed E-state index contributed by atoms with van der Waals surface area (Å²) in [7, 11) is 0. The largest absolute Gasteiger partial charge is 0.388 e. The minimum atomic E-state index is -0.235. The summed E-state index contributed by atoms with van der Waals surface area (Å²) in [4.78, 5) is 2.44. The van der Waals surface area contributed by atoms with Gasteiger partial charge in [-0.2, -0.15) is 0 Å². The molecule has 80 valence electrons. The average Bonchev–Trinajstić information content (AvgIpc) is 2.18. The molecule has 2 heteroatoms. The summed E-state index contributed by atoms with van der Waals surface area (Å²) in [6.45, 7) is 4.23. The molecular weight excluding hydrogens is 174 g/mol. The van der Waals surface area contributed by atoms with Crippen molar-refractivity contribution in [1.29, 1.82) is 0 Å². The van der Waals surface area contributed by atoms with Crippen LogP contribution in [0.2, 0.25) is 0 Å². The molecule has 1 aliphatic carbocycles. The van der Waals surface area contributed by atoms with Crippen LogP contribution in [0, 0.1) is 5.92 Å². The molecule has 2 rings (SSSR count). The Balaban J connectivity index is 1.91. The number of hydrogen-bond acceptors (Lipinski definition) is 2. The van der Waals surface area contributed by atoms with Crippen LogP contribution >= 0.6 is 0 Å². The second-order valence-electron chi connectivity index (χ2n) is 4.88. The Bertz CT molecular complexity index is 214. The topological polar surface area (TPSA) is 23.5 Å². The fraction of sp³-hybridized carbons (Fsp3) is 0.833. The van der Waals surface area contributed by atoms with E-state index < -0.39 is 0 Å². The minimum Gasteiger partial charge on any atom is -0.388 e. The van der Waals surface area contributed by atoms with Gasteiger partial charge in [-0.25, -0.2) is 0 Å². The van der Waals surface area contributed by atoms with Crippen molar-refractivity contribution < 1.29 is 5.11 Å². The molecule has 1 aliphatic heterocycles. The van der Waals surface area contributed by atoms with Gasteiger partial charge in [-0.3, -0.25) is 4.90 Å². The van der Waals surface area contributed by atoms with E-state index >= 15 is 0 Å². The zero-order valence-corrected chi connectivity index (χ0v) is 9.02. The first-order valence-corrected chi connectivity index (χ1v) is 5.84. The van der Waals surface area contributed by atoms with Crippen LogP contribution in [0.3, 0.4) is 0 Å². The number of rotatable bonds is 1. The third kappa shape index (κ3) is 2.37. The minimum absolute atomic E-state index is 0.235. The van der Waals surface area contributed by atoms with E-state index in [-0.39, 0.29) is 6.10 Å². The van der Waals surface area contributed by atoms with Crippen LogP contribution in [0.15, 0.2) is 12.2 Å². The molecule has 0 radical (unpaired) electrons. The van der Waals surface area contributed by atoms with E-state index in [2.05, 4.69) is 17.9 Å². The molecule has 1 heterocycles. The highest BCUT2D eigenvalue weighted by Crippen LogP contribution is 2.28. The van der Waals surface area contributed by atoms with E-state index in [1.165, 1.54) is 25.7 Å². The smallest absolute Gasteiger partial charge is 0.0848 e. The van der Waals surface area contributed by atoms with Gasteiger partial charge in [0, 0.05) is 19.1 Å². The van der Waals surface area contributed by atoms with Crippen molar-refractivity contribution in [1.82, 2.24) is 4.90 Å². The highest BCUT2D eigenvalue weighted by atomic mass is 16.3. The van der Waals surface area contributed by atoms with Crippen LogP contribution in [0.25, 0.3) is 0 Å². The number of aliphatic hydroxyl groups excluding tert-OH is 1. The van der Waals surface area contributed by atoms with Crippen LogP contribution in [-0.4, -0.2) is 35.2 Å². The van der Waals surface area contributed by atoms with Gasteiger partial charge in [0.15, 0.2) is 0 Å².